The number of esters is 1. The van der Waals surface area contributed by atoms with Gasteiger partial charge in [0.1, 0.15) is 11.5 Å². The van der Waals surface area contributed by atoms with E-state index in [0.29, 0.717) is 23.0 Å². The molecule has 0 saturated carbocycles. The highest BCUT2D eigenvalue weighted by Gasteiger charge is 2.08. The lowest BCUT2D eigenvalue weighted by atomic mass is 10.2. The molecule has 0 aromatic heterocycles. The number of benzene rings is 2. The molecule has 0 heterocycles. The van der Waals surface area contributed by atoms with Crippen LogP contribution in [0.1, 0.15) is 42.6 Å². The van der Waals surface area contributed by atoms with Gasteiger partial charge in [-0.2, -0.15) is 5.10 Å². The smallest absolute Gasteiger partial charge is 0.343 e. The molecule has 0 fully saturated rings. The predicted octanol–water partition coefficient (Wildman–Crippen LogP) is 3.90. The molecule has 0 radical (unpaired) electrons. The van der Waals surface area contributed by atoms with Gasteiger partial charge in [-0.25, -0.2) is 4.79 Å². The van der Waals surface area contributed by atoms with Crippen LogP contribution in [0, 0.1) is 0 Å². The first-order valence-electron chi connectivity index (χ1n) is 9.24. The molecule has 2 N–H and O–H groups in total. The van der Waals surface area contributed by atoms with Gasteiger partial charge in [0.05, 0.1) is 18.4 Å². The minimum absolute atomic E-state index is 0.417. The largest absolute Gasteiger partial charge is 0.494 e. The number of hydrogen-bond acceptors (Lipinski definition) is 5. The van der Waals surface area contributed by atoms with Crippen molar-refractivity contribution < 1.29 is 14.3 Å². The summed E-state index contributed by atoms with van der Waals surface area (Å²) < 4.78 is 11.0. The fourth-order valence-corrected chi connectivity index (χ4v) is 2.37. The van der Waals surface area contributed by atoms with Gasteiger partial charge >= 0.3 is 5.97 Å². The maximum Gasteiger partial charge on any atom is 0.343 e. The second-order valence-electron chi connectivity index (χ2n) is 5.91. The first-order valence-corrected chi connectivity index (χ1v) is 9.65. The Morgan fingerprint density at radius 1 is 1.07 bits per heavy atom. The summed E-state index contributed by atoms with van der Waals surface area (Å²) in [5.41, 5.74) is 4.03. The molecule has 0 aliphatic heterocycles. The quantitative estimate of drug-likeness (QED) is 0.166. The second kappa shape index (κ2) is 11.7. The molecule has 0 bridgehead atoms. The molecule has 2 rings (SSSR count). The van der Waals surface area contributed by atoms with E-state index in [0.717, 1.165) is 30.7 Å². The molecule has 0 aliphatic rings. The maximum atomic E-state index is 12.3. The molecule has 0 aliphatic carbocycles. The molecule has 0 unspecified atom stereocenters. The van der Waals surface area contributed by atoms with Crippen LogP contribution >= 0.6 is 12.2 Å². The number of unbranched alkanes of at least 4 members (excludes halogenated alkanes) is 1. The van der Waals surface area contributed by atoms with Crippen molar-refractivity contribution in [3.8, 4) is 11.5 Å². The molecule has 0 amide bonds. The topological polar surface area (TPSA) is 72.0 Å². The summed E-state index contributed by atoms with van der Waals surface area (Å²) in [6, 6.07) is 14.0. The van der Waals surface area contributed by atoms with Crippen LogP contribution in [0.2, 0.25) is 0 Å². The van der Waals surface area contributed by atoms with Crippen molar-refractivity contribution in [2.24, 2.45) is 5.10 Å². The van der Waals surface area contributed by atoms with Crippen LogP contribution in [0.25, 0.3) is 0 Å². The van der Waals surface area contributed by atoms with E-state index in [9.17, 15) is 4.79 Å². The number of thiocarbonyl (C=S) groups is 1. The van der Waals surface area contributed by atoms with Gasteiger partial charge in [0, 0.05) is 6.54 Å². The standard InChI is InChI=1S/C21H25N3O3S/c1-3-5-14-26-18-12-8-17(9-13-18)20(25)27-19-10-6-16(7-11-19)15-23-24-21(28)22-4-2/h6-13,15H,3-5,14H2,1-2H3,(H2,22,24,28)/b23-15-. The van der Waals surface area contributed by atoms with Crippen molar-refractivity contribution in [3.63, 3.8) is 0 Å². The Bertz CT molecular complexity index is 790. The van der Waals surface area contributed by atoms with E-state index < -0.39 is 5.97 Å². The van der Waals surface area contributed by atoms with Crippen molar-refractivity contribution in [2.45, 2.75) is 26.7 Å². The summed E-state index contributed by atoms with van der Waals surface area (Å²) in [5, 5.41) is 7.43. The zero-order chi connectivity index (χ0) is 20.2. The first kappa shape index (κ1) is 21.4. The molecule has 0 saturated heterocycles. The summed E-state index contributed by atoms with van der Waals surface area (Å²) >= 11 is 5.02. The number of carbonyl (C=O) groups excluding carboxylic acids is 1. The molecule has 0 spiro atoms. The minimum Gasteiger partial charge on any atom is -0.494 e. The van der Waals surface area contributed by atoms with Crippen LogP contribution in [-0.2, 0) is 0 Å². The van der Waals surface area contributed by atoms with Gasteiger partial charge in [-0.05, 0) is 79.7 Å². The Hall–Kier alpha value is -2.93. The second-order valence-corrected chi connectivity index (χ2v) is 6.32. The number of rotatable bonds is 9. The summed E-state index contributed by atoms with van der Waals surface area (Å²) in [6.45, 7) is 5.47. The lowest BCUT2D eigenvalue weighted by Gasteiger charge is -2.07. The number of nitrogens with one attached hydrogen (secondary N) is 2. The van der Waals surface area contributed by atoms with Gasteiger partial charge in [0.15, 0.2) is 5.11 Å². The molecule has 6 nitrogen and oxygen atoms in total. The molecule has 28 heavy (non-hydrogen) atoms. The van der Waals surface area contributed by atoms with E-state index in [2.05, 4.69) is 22.8 Å². The summed E-state index contributed by atoms with van der Waals surface area (Å²) in [5.74, 6) is 0.789. The lowest BCUT2D eigenvalue weighted by Crippen LogP contribution is -2.31. The summed E-state index contributed by atoms with van der Waals surface area (Å²) in [7, 11) is 0. The molecule has 7 heteroatoms. The number of ether oxygens (including phenoxy) is 2. The van der Waals surface area contributed by atoms with Crippen LogP contribution in [0.4, 0.5) is 0 Å². The Kier molecular flexibility index (Phi) is 8.94. The van der Waals surface area contributed by atoms with Gasteiger partial charge in [-0.1, -0.05) is 13.3 Å². The van der Waals surface area contributed by atoms with E-state index in [-0.39, 0.29) is 0 Å². The van der Waals surface area contributed by atoms with Gasteiger partial charge < -0.3 is 14.8 Å². The van der Waals surface area contributed by atoms with Gasteiger partial charge in [-0.15, -0.1) is 0 Å². The molecule has 2 aromatic rings. The average molecular weight is 400 g/mol. The van der Waals surface area contributed by atoms with Gasteiger partial charge in [0.25, 0.3) is 0 Å². The highest BCUT2D eigenvalue weighted by Crippen LogP contribution is 2.16. The minimum atomic E-state index is -0.417. The zero-order valence-electron chi connectivity index (χ0n) is 16.1. The third-order valence-corrected chi connectivity index (χ3v) is 3.90. The summed E-state index contributed by atoms with van der Waals surface area (Å²) in [4.78, 5) is 12.3. The SMILES string of the molecule is CCCCOc1ccc(C(=O)Oc2ccc(/C=N\NC(=S)NCC)cc2)cc1. The third kappa shape index (κ3) is 7.36. The number of hydrogen-bond donors (Lipinski definition) is 2. The molecule has 0 atom stereocenters. The number of carbonyl (C=O) groups is 1. The lowest BCUT2D eigenvalue weighted by molar-refractivity contribution is 0.0734. The highest BCUT2D eigenvalue weighted by atomic mass is 32.1. The van der Waals surface area contributed by atoms with Gasteiger partial charge in [0.2, 0.25) is 0 Å². The Morgan fingerprint density at radius 2 is 1.75 bits per heavy atom. The van der Waals surface area contributed by atoms with Crippen LogP contribution in [0.15, 0.2) is 53.6 Å². The van der Waals surface area contributed by atoms with E-state index in [4.69, 9.17) is 21.7 Å². The fourth-order valence-electron chi connectivity index (χ4n) is 2.18. The molecule has 148 valence electrons. The monoisotopic (exact) mass is 399 g/mol. The average Bonchev–Trinajstić information content (AvgIpc) is 2.70. The van der Waals surface area contributed by atoms with Crippen molar-refractivity contribution >= 4 is 29.5 Å². The van der Waals surface area contributed by atoms with E-state index >= 15 is 0 Å². The predicted molar refractivity (Wildman–Crippen MR) is 115 cm³/mol. The normalized spacial score (nSPS) is 10.5. The van der Waals surface area contributed by atoms with Crippen molar-refractivity contribution in [1.29, 1.82) is 0 Å². The first-order chi connectivity index (χ1) is 13.6. The van der Waals surface area contributed by atoms with Crippen LogP contribution < -0.4 is 20.2 Å². The molecular weight excluding hydrogens is 374 g/mol. The van der Waals surface area contributed by atoms with Gasteiger partial charge in [-0.3, -0.25) is 5.43 Å². The summed E-state index contributed by atoms with van der Waals surface area (Å²) in [6.07, 6.45) is 3.71. The van der Waals surface area contributed by atoms with Crippen molar-refractivity contribution in [2.75, 3.05) is 13.2 Å². The third-order valence-electron chi connectivity index (χ3n) is 3.66. The Morgan fingerprint density at radius 3 is 2.39 bits per heavy atom. The van der Waals surface area contributed by atoms with E-state index in [1.165, 1.54) is 0 Å². The van der Waals surface area contributed by atoms with Crippen molar-refractivity contribution in [1.82, 2.24) is 10.7 Å². The van der Waals surface area contributed by atoms with Crippen LogP contribution in [0.3, 0.4) is 0 Å². The van der Waals surface area contributed by atoms with Crippen molar-refractivity contribution in [3.05, 3.63) is 59.7 Å². The maximum absolute atomic E-state index is 12.3. The van der Waals surface area contributed by atoms with E-state index in [1.807, 2.05) is 6.92 Å². The zero-order valence-corrected chi connectivity index (χ0v) is 16.9. The molecule has 2 aromatic carbocycles. The molecular formula is C21H25N3O3S. The highest BCUT2D eigenvalue weighted by molar-refractivity contribution is 7.80. The Labute approximate surface area is 170 Å². The van der Waals surface area contributed by atoms with Crippen LogP contribution in [0.5, 0.6) is 11.5 Å². The number of hydrazone groups is 1. The Balaban J connectivity index is 1.86. The number of nitrogens with zero attached hydrogens (tertiary/aromatic N) is 1. The van der Waals surface area contributed by atoms with Crippen LogP contribution in [-0.4, -0.2) is 30.4 Å². The van der Waals surface area contributed by atoms with E-state index in [1.54, 1.807) is 54.7 Å². The fraction of sp³-hybridized carbons (Fsp3) is 0.286.